The molecule has 13 nitrogen and oxygen atoms in total. The number of aliphatic carboxylic acids is 2. The molecule has 2 aromatic heterocycles. The van der Waals surface area contributed by atoms with E-state index in [1.807, 2.05) is 0 Å². The Morgan fingerprint density at radius 2 is 1.17 bits per heavy atom. The molecule has 0 fully saturated rings. The molecule has 0 saturated carbocycles. The van der Waals surface area contributed by atoms with Gasteiger partial charge in [0.25, 0.3) is 11.8 Å². The normalized spacial score (nSPS) is 11.5. The summed E-state index contributed by atoms with van der Waals surface area (Å²) in [7, 11) is 1.22. The fraction of sp³-hybridized carbons (Fsp3) is 0.0952. The van der Waals surface area contributed by atoms with Crippen molar-refractivity contribution in [3.8, 4) is 17.9 Å². The van der Waals surface area contributed by atoms with Crippen LogP contribution in [0.3, 0.4) is 0 Å². The smallest absolute Gasteiger partial charge is 0.480 e. The van der Waals surface area contributed by atoms with Crippen molar-refractivity contribution in [3.63, 3.8) is 0 Å². The number of nitrogens with zero attached hydrogens (tertiary/aromatic N) is 6. The molecule has 2 amide bonds. The number of benzene rings is 4. The third-order valence-corrected chi connectivity index (χ3v) is 8.54. The Bertz CT molecular complexity index is 2760. The number of alkyl halides is 3. The summed E-state index contributed by atoms with van der Waals surface area (Å²) < 4.78 is 72.4. The van der Waals surface area contributed by atoms with Crippen LogP contribution in [0.5, 0.6) is 5.75 Å². The lowest BCUT2D eigenvalue weighted by molar-refractivity contribution is -0.274. The third kappa shape index (κ3) is 10.2. The van der Waals surface area contributed by atoms with Crippen LogP contribution in [0.2, 0.25) is 0 Å². The Hall–Kier alpha value is -8.25. The van der Waals surface area contributed by atoms with Crippen LogP contribution in [-0.2, 0) is 32.3 Å². The number of hydrogen-bond acceptors (Lipinski definition) is 7. The second-order valence-electron chi connectivity index (χ2n) is 12.5. The summed E-state index contributed by atoms with van der Waals surface area (Å²) in [6.07, 6.45) is 0.472. The van der Waals surface area contributed by atoms with Gasteiger partial charge in [0.1, 0.15) is 42.2 Å². The number of rotatable bonds is 11. The first kappa shape index (κ1) is 42.9. The predicted octanol–water partition coefficient (Wildman–Crippen LogP) is 7.88. The SMILES string of the molecule is CN(C(=O)C(C#N)=Cc1cn(CC(=O)O)c2ccccc12)c1ccccc1OC(F)(F)F.N#CC(=Cc1cn(CC(=O)O)c2ccccc12)C(=O)N(F)c1ccc(F)cc1. The summed E-state index contributed by atoms with van der Waals surface area (Å²) in [6, 6.07) is 26.3. The second-order valence-corrected chi connectivity index (χ2v) is 12.5. The highest BCUT2D eigenvalue weighted by molar-refractivity contribution is 6.13. The van der Waals surface area contributed by atoms with Crippen molar-refractivity contribution in [1.82, 2.24) is 9.13 Å². The van der Waals surface area contributed by atoms with E-state index in [1.54, 1.807) is 60.7 Å². The summed E-state index contributed by atoms with van der Waals surface area (Å²) in [5, 5.41) is 38.0. The zero-order chi connectivity index (χ0) is 43.7. The molecule has 6 rings (SSSR count). The first-order chi connectivity index (χ1) is 28.5. The van der Waals surface area contributed by atoms with Gasteiger partial charge in [-0.25, -0.2) is 4.39 Å². The van der Waals surface area contributed by atoms with Gasteiger partial charge in [0, 0.05) is 52.4 Å². The molecule has 0 spiro atoms. The molecule has 4 aromatic carbocycles. The van der Waals surface area contributed by atoms with E-state index in [9.17, 15) is 51.7 Å². The minimum Gasteiger partial charge on any atom is -0.480 e. The fourth-order valence-electron chi connectivity index (χ4n) is 5.96. The van der Waals surface area contributed by atoms with Gasteiger partial charge in [-0.1, -0.05) is 53.0 Å². The highest BCUT2D eigenvalue weighted by Crippen LogP contribution is 2.33. The molecule has 6 aromatic rings. The number of ether oxygens (including phenoxy) is 1. The maximum atomic E-state index is 14.4. The van der Waals surface area contributed by atoms with E-state index in [2.05, 4.69) is 4.74 Å². The summed E-state index contributed by atoms with van der Waals surface area (Å²) in [6.45, 7) is -0.638. The van der Waals surface area contributed by atoms with E-state index in [1.165, 1.54) is 58.9 Å². The topological polar surface area (TPSA) is 182 Å². The predicted molar refractivity (Wildman–Crippen MR) is 208 cm³/mol. The van der Waals surface area contributed by atoms with Crippen molar-refractivity contribution in [3.05, 3.63) is 138 Å². The van der Waals surface area contributed by atoms with Crippen molar-refractivity contribution < 1.29 is 56.2 Å². The Balaban J connectivity index is 0.000000230. The number of carbonyl (C=O) groups excluding carboxylic acids is 2. The molecule has 304 valence electrons. The molecule has 60 heavy (non-hydrogen) atoms. The van der Waals surface area contributed by atoms with Crippen LogP contribution in [0.25, 0.3) is 34.0 Å². The number of carbonyl (C=O) groups is 4. The number of halogens is 5. The summed E-state index contributed by atoms with van der Waals surface area (Å²) >= 11 is 0. The summed E-state index contributed by atoms with van der Waals surface area (Å²) in [5.74, 6) is -5.39. The standard InChI is InChI=1S/C22H16F3N3O4.C20H13F2N3O3/c1-27(18-8-4-5-9-19(18)32-22(23,24)25)21(31)14(11-26)10-15-12-28(13-20(29)30)17-7-3-2-6-16(15)17;21-15-5-7-16(8-6-15)25(22)20(28)13(10-23)9-14-11-24(12-19(26)27)18-4-2-1-3-17(14)18/h2-10,12H,13H2,1H3,(H,29,30);1-9,11H,12H2,(H,26,27). The molecular formula is C42H29F5N6O7. The molecule has 0 atom stereocenters. The van der Waals surface area contributed by atoms with Gasteiger partial charge in [-0.05, 0) is 60.7 Å². The lowest BCUT2D eigenvalue weighted by Gasteiger charge is -2.21. The van der Waals surface area contributed by atoms with E-state index in [0.29, 0.717) is 32.9 Å². The Morgan fingerprint density at radius 3 is 1.63 bits per heavy atom. The van der Waals surface area contributed by atoms with Crippen molar-refractivity contribution in [2.75, 3.05) is 17.1 Å². The molecule has 18 heteroatoms. The van der Waals surface area contributed by atoms with Crippen molar-refractivity contribution >= 4 is 69.1 Å². The van der Waals surface area contributed by atoms with Gasteiger partial charge >= 0.3 is 18.3 Å². The number of para-hydroxylation sites is 4. The number of carboxylic acids is 2. The van der Waals surface area contributed by atoms with Crippen molar-refractivity contribution in [2.45, 2.75) is 19.5 Å². The van der Waals surface area contributed by atoms with Gasteiger partial charge in [0.15, 0.2) is 5.75 Å². The summed E-state index contributed by atoms with van der Waals surface area (Å²) in [5.41, 5.74) is 0.747. The van der Waals surface area contributed by atoms with Crippen LogP contribution < -0.4 is 14.8 Å². The Labute approximate surface area is 336 Å². The molecule has 0 aliphatic carbocycles. The van der Waals surface area contributed by atoms with E-state index >= 15 is 0 Å². The Kier molecular flexibility index (Phi) is 13.1. The first-order valence-electron chi connectivity index (χ1n) is 17.2. The van der Waals surface area contributed by atoms with E-state index in [0.717, 1.165) is 35.2 Å². The van der Waals surface area contributed by atoms with Crippen molar-refractivity contribution in [1.29, 1.82) is 10.5 Å². The number of aromatic nitrogens is 2. The van der Waals surface area contributed by atoms with Gasteiger partial charge in [0.2, 0.25) is 0 Å². The lowest BCUT2D eigenvalue weighted by atomic mass is 10.1. The minimum atomic E-state index is -4.96. The molecule has 0 aliphatic heterocycles. The van der Waals surface area contributed by atoms with Gasteiger partial charge in [-0.3, -0.25) is 19.2 Å². The zero-order valence-corrected chi connectivity index (χ0v) is 31.0. The van der Waals surface area contributed by atoms with Crippen LogP contribution in [-0.4, -0.2) is 56.5 Å². The van der Waals surface area contributed by atoms with Crippen LogP contribution >= 0.6 is 0 Å². The number of amides is 2. The number of fused-ring (bicyclic) bond motifs is 2. The monoisotopic (exact) mass is 824 g/mol. The fourth-order valence-corrected chi connectivity index (χ4v) is 5.96. The molecule has 2 N–H and O–H groups in total. The molecule has 2 heterocycles. The number of anilines is 2. The van der Waals surface area contributed by atoms with Gasteiger partial charge in [-0.15, -0.1) is 18.3 Å². The average Bonchev–Trinajstić information content (AvgIpc) is 3.73. The van der Waals surface area contributed by atoms with Gasteiger partial charge in [-0.2, -0.15) is 10.5 Å². The molecular weight excluding hydrogens is 795 g/mol. The highest BCUT2D eigenvalue weighted by atomic mass is 19.4. The van der Waals surface area contributed by atoms with Gasteiger partial charge < -0.3 is 29.0 Å². The minimum absolute atomic E-state index is 0.177. The Morgan fingerprint density at radius 1 is 0.717 bits per heavy atom. The zero-order valence-electron chi connectivity index (χ0n) is 31.0. The van der Waals surface area contributed by atoms with Crippen molar-refractivity contribution in [2.24, 2.45) is 0 Å². The molecule has 0 aliphatic rings. The van der Waals surface area contributed by atoms with Crippen LogP contribution in [0.1, 0.15) is 11.1 Å². The number of hydrogen-bond donors (Lipinski definition) is 2. The quantitative estimate of drug-likeness (QED) is 0.0568. The van der Waals surface area contributed by atoms with Gasteiger partial charge in [0.05, 0.1) is 11.4 Å². The van der Waals surface area contributed by atoms with Crippen LogP contribution in [0.15, 0.2) is 121 Å². The van der Waals surface area contributed by atoms with E-state index in [4.69, 9.17) is 10.2 Å². The highest BCUT2D eigenvalue weighted by Gasteiger charge is 2.33. The average molecular weight is 825 g/mol. The second kappa shape index (κ2) is 18.3. The lowest BCUT2D eigenvalue weighted by Crippen LogP contribution is -2.29. The number of carboxylic acid groups (broad SMARTS) is 2. The summed E-state index contributed by atoms with van der Waals surface area (Å²) in [4.78, 5) is 48.3. The van der Waals surface area contributed by atoms with E-state index < -0.39 is 47.3 Å². The number of nitriles is 2. The molecule has 0 radical (unpaired) electrons. The molecule has 0 saturated heterocycles. The largest absolute Gasteiger partial charge is 0.573 e. The molecule has 0 unspecified atom stereocenters. The maximum Gasteiger partial charge on any atom is 0.573 e. The maximum absolute atomic E-state index is 14.4. The first-order valence-corrected chi connectivity index (χ1v) is 17.2. The molecule has 0 bridgehead atoms. The van der Waals surface area contributed by atoms with Crippen LogP contribution in [0.4, 0.5) is 33.4 Å². The van der Waals surface area contributed by atoms with E-state index in [-0.39, 0.29) is 35.2 Å². The number of likely N-dealkylation sites (N-methyl/N-ethyl adjacent to an activating group) is 1. The van der Waals surface area contributed by atoms with Crippen LogP contribution in [0, 0.1) is 28.5 Å². The third-order valence-electron chi connectivity index (χ3n) is 8.54.